The molecule has 0 N–H and O–H groups in total. The second-order valence-electron chi connectivity index (χ2n) is 2.16. The molecule has 1 amide bonds. The van der Waals surface area contributed by atoms with Crippen molar-refractivity contribution in [2.24, 2.45) is 9.98 Å². The standard InChI is InChI=1S/C6H3BrN4O/c7-3-1-8-6-5(10-3)9-2-4(12)11-6/h1H,2H2. The highest BCUT2D eigenvalue weighted by Crippen LogP contribution is 1.95. The average Bonchev–Trinajstić information content (AvgIpc) is 2.05. The molecule has 1 aliphatic rings. The van der Waals surface area contributed by atoms with Gasteiger partial charge in [-0.15, -0.1) is 0 Å². The highest BCUT2D eigenvalue weighted by molar-refractivity contribution is 9.10. The van der Waals surface area contributed by atoms with Gasteiger partial charge in [-0.25, -0.2) is 9.97 Å². The summed E-state index contributed by atoms with van der Waals surface area (Å²) in [5.74, 6) is -0.279. The molecule has 0 radical (unpaired) electrons. The van der Waals surface area contributed by atoms with Gasteiger partial charge in [0.2, 0.25) is 5.49 Å². The number of hydrogen-bond acceptors (Lipinski definition) is 4. The smallest absolute Gasteiger partial charge is 0.269 e. The van der Waals surface area contributed by atoms with Gasteiger partial charge in [-0.05, 0) is 15.9 Å². The van der Waals surface area contributed by atoms with Crippen LogP contribution >= 0.6 is 15.9 Å². The fraction of sp³-hybridized carbons (Fsp3) is 0.167. The molecular weight excluding hydrogens is 224 g/mol. The van der Waals surface area contributed by atoms with Crippen LogP contribution in [0.25, 0.3) is 0 Å². The van der Waals surface area contributed by atoms with Crippen LogP contribution in [0.4, 0.5) is 0 Å². The Labute approximate surface area is 75.4 Å². The van der Waals surface area contributed by atoms with Crippen LogP contribution in [-0.2, 0) is 4.79 Å². The lowest BCUT2D eigenvalue weighted by Gasteiger charge is -1.95. The van der Waals surface area contributed by atoms with Crippen molar-refractivity contribution in [3.8, 4) is 0 Å². The first-order chi connectivity index (χ1) is 5.75. The minimum absolute atomic E-state index is 0.0676. The number of rotatable bonds is 0. The van der Waals surface area contributed by atoms with E-state index in [1.54, 1.807) is 0 Å². The third kappa shape index (κ3) is 1.25. The zero-order valence-electron chi connectivity index (χ0n) is 5.86. The lowest BCUT2D eigenvalue weighted by Crippen LogP contribution is -2.37. The van der Waals surface area contributed by atoms with Crippen molar-refractivity contribution in [3.63, 3.8) is 0 Å². The summed E-state index contributed by atoms with van der Waals surface area (Å²) in [6, 6.07) is 0. The van der Waals surface area contributed by atoms with Gasteiger partial charge in [-0.1, -0.05) is 0 Å². The quantitative estimate of drug-likeness (QED) is 0.571. The molecule has 5 nitrogen and oxygen atoms in total. The van der Waals surface area contributed by atoms with Crippen molar-refractivity contribution in [2.45, 2.75) is 0 Å². The number of carbonyl (C=O) groups is 1. The van der Waals surface area contributed by atoms with Gasteiger partial charge in [-0.3, -0.25) is 9.79 Å². The normalized spacial score (nSPS) is 14.6. The number of hydrogen-bond donors (Lipinski definition) is 0. The number of aromatic nitrogens is 2. The second-order valence-corrected chi connectivity index (χ2v) is 2.97. The van der Waals surface area contributed by atoms with E-state index in [0.717, 1.165) is 0 Å². The summed E-state index contributed by atoms with van der Waals surface area (Å²) in [6.07, 6.45) is 1.48. The molecule has 0 bridgehead atoms. The molecule has 0 fully saturated rings. The lowest BCUT2D eigenvalue weighted by atomic mass is 10.5. The summed E-state index contributed by atoms with van der Waals surface area (Å²) in [5, 5.41) is 0. The van der Waals surface area contributed by atoms with E-state index >= 15 is 0 Å². The van der Waals surface area contributed by atoms with Gasteiger partial charge in [0.25, 0.3) is 5.91 Å². The number of carbonyl (C=O) groups excluding carboxylic acids is 1. The second kappa shape index (κ2) is 2.71. The van der Waals surface area contributed by atoms with Gasteiger partial charge < -0.3 is 0 Å². The topological polar surface area (TPSA) is 67.6 Å². The summed E-state index contributed by atoms with van der Waals surface area (Å²) < 4.78 is 0.592. The Bertz CT molecular complexity index is 455. The molecule has 2 rings (SSSR count). The van der Waals surface area contributed by atoms with Crippen molar-refractivity contribution >= 4 is 21.8 Å². The predicted molar refractivity (Wildman–Crippen MR) is 41.9 cm³/mol. The zero-order chi connectivity index (χ0) is 8.55. The molecule has 0 aliphatic carbocycles. The van der Waals surface area contributed by atoms with E-state index in [9.17, 15) is 4.79 Å². The minimum Gasteiger partial charge on any atom is -0.270 e. The Kier molecular flexibility index (Phi) is 1.69. The number of halogens is 1. The first-order valence-corrected chi connectivity index (χ1v) is 3.99. The average molecular weight is 227 g/mol. The van der Waals surface area contributed by atoms with Gasteiger partial charge in [0.05, 0.1) is 6.20 Å². The van der Waals surface area contributed by atoms with Gasteiger partial charge in [-0.2, -0.15) is 4.99 Å². The highest BCUT2D eigenvalue weighted by atomic mass is 79.9. The highest BCUT2D eigenvalue weighted by Gasteiger charge is 2.05. The van der Waals surface area contributed by atoms with Crippen molar-refractivity contribution < 1.29 is 4.79 Å². The summed E-state index contributed by atoms with van der Waals surface area (Å²) >= 11 is 3.15. The fourth-order valence-electron chi connectivity index (χ4n) is 0.833. The first-order valence-electron chi connectivity index (χ1n) is 3.20. The van der Waals surface area contributed by atoms with Crippen LogP contribution in [0.5, 0.6) is 0 Å². The van der Waals surface area contributed by atoms with Crippen LogP contribution in [0.1, 0.15) is 0 Å². The summed E-state index contributed by atoms with van der Waals surface area (Å²) in [4.78, 5) is 26.2. The third-order valence-corrected chi connectivity index (χ3v) is 1.68. The van der Waals surface area contributed by atoms with E-state index in [-0.39, 0.29) is 12.5 Å². The Balaban J connectivity index is 2.79. The molecule has 0 saturated carbocycles. The molecule has 0 atom stereocenters. The number of amides is 1. The Morgan fingerprint density at radius 2 is 2.25 bits per heavy atom. The van der Waals surface area contributed by atoms with Gasteiger partial charge in [0.15, 0.2) is 5.49 Å². The molecular formula is C6H3BrN4O. The van der Waals surface area contributed by atoms with Crippen LogP contribution in [0, 0.1) is 0 Å². The number of nitrogens with zero attached hydrogens (tertiary/aromatic N) is 4. The van der Waals surface area contributed by atoms with Gasteiger partial charge in [0, 0.05) is 0 Å². The predicted octanol–water partition coefficient (Wildman–Crippen LogP) is -0.982. The molecule has 60 valence electrons. The molecule has 2 heterocycles. The summed E-state index contributed by atoms with van der Waals surface area (Å²) in [6.45, 7) is 0.0676. The molecule has 1 aromatic rings. The van der Waals surface area contributed by atoms with Crippen LogP contribution in [0.3, 0.4) is 0 Å². The molecule has 0 spiro atoms. The van der Waals surface area contributed by atoms with E-state index < -0.39 is 0 Å². The lowest BCUT2D eigenvalue weighted by molar-refractivity contribution is -0.117. The van der Waals surface area contributed by atoms with Gasteiger partial charge >= 0.3 is 0 Å². The van der Waals surface area contributed by atoms with Crippen molar-refractivity contribution in [1.82, 2.24) is 9.97 Å². The Morgan fingerprint density at radius 1 is 1.42 bits per heavy atom. The molecule has 0 saturated heterocycles. The Hall–Kier alpha value is -1.17. The number of fused-ring (bicyclic) bond motifs is 1. The van der Waals surface area contributed by atoms with Crippen LogP contribution in [-0.4, -0.2) is 22.4 Å². The van der Waals surface area contributed by atoms with Crippen LogP contribution in [0.15, 0.2) is 20.8 Å². The van der Waals surface area contributed by atoms with Crippen LogP contribution < -0.4 is 11.0 Å². The van der Waals surface area contributed by atoms with Crippen molar-refractivity contribution in [1.29, 1.82) is 0 Å². The van der Waals surface area contributed by atoms with Gasteiger partial charge in [0.1, 0.15) is 11.1 Å². The van der Waals surface area contributed by atoms with E-state index in [1.807, 2.05) is 0 Å². The fourth-order valence-corrected chi connectivity index (χ4v) is 1.10. The zero-order valence-corrected chi connectivity index (χ0v) is 7.45. The molecule has 1 aromatic heterocycles. The maximum Gasteiger partial charge on any atom is 0.269 e. The summed E-state index contributed by atoms with van der Waals surface area (Å²) in [7, 11) is 0. The monoisotopic (exact) mass is 226 g/mol. The van der Waals surface area contributed by atoms with E-state index in [1.165, 1.54) is 6.20 Å². The van der Waals surface area contributed by atoms with E-state index in [0.29, 0.717) is 15.6 Å². The first kappa shape index (κ1) is 7.48. The Morgan fingerprint density at radius 3 is 3.08 bits per heavy atom. The largest absolute Gasteiger partial charge is 0.270 e. The van der Waals surface area contributed by atoms with E-state index in [2.05, 4.69) is 35.9 Å². The third-order valence-electron chi connectivity index (χ3n) is 1.30. The molecule has 0 unspecified atom stereocenters. The maximum atomic E-state index is 10.8. The summed E-state index contributed by atoms with van der Waals surface area (Å²) in [5.41, 5.74) is 0.721. The SMILES string of the molecule is O=C1CN=c2nc(Br)cnc2=N1. The molecule has 12 heavy (non-hydrogen) atoms. The van der Waals surface area contributed by atoms with E-state index in [4.69, 9.17) is 0 Å². The molecule has 6 heteroatoms. The maximum absolute atomic E-state index is 10.8. The minimum atomic E-state index is -0.279. The molecule has 1 aliphatic heterocycles. The van der Waals surface area contributed by atoms with Crippen LogP contribution in [0.2, 0.25) is 0 Å². The molecule has 0 aromatic carbocycles. The van der Waals surface area contributed by atoms with Crippen molar-refractivity contribution in [3.05, 3.63) is 21.8 Å². The van der Waals surface area contributed by atoms with Crippen molar-refractivity contribution in [2.75, 3.05) is 6.54 Å².